The number of benzene rings is 2. The summed E-state index contributed by atoms with van der Waals surface area (Å²) in [5.74, 6) is -1.10. The maximum atomic E-state index is 13.3. The van der Waals surface area contributed by atoms with Gasteiger partial charge in [-0.2, -0.15) is 13.2 Å². The number of hydrogen-bond acceptors (Lipinski definition) is 2. The largest absolute Gasteiger partial charge is 0.419 e. The van der Waals surface area contributed by atoms with Gasteiger partial charge in [0.1, 0.15) is 5.82 Å². The Balaban J connectivity index is 1.46. The third kappa shape index (κ3) is 5.45. The Labute approximate surface area is 160 Å². The number of halogens is 4. The fourth-order valence-corrected chi connectivity index (χ4v) is 3.30. The van der Waals surface area contributed by atoms with E-state index < -0.39 is 23.6 Å². The van der Waals surface area contributed by atoms with Crippen molar-refractivity contribution in [3.8, 4) is 0 Å². The van der Waals surface area contributed by atoms with Crippen LogP contribution in [0.2, 0.25) is 0 Å². The molecule has 1 atom stereocenters. The number of carbonyl (C=O) groups is 1. The van der Waals surface area contributed by atoms with Gasteiger partial charge in [0.25, 0.3) is 0 Å². The number of anilines is 1. The standard InChI is InChI=1S/C20H21F4N3O/c21-18-7-6-16(10-17(18)20(22,23)24)26-19(28)25-11-15-8-9-27(13-15)12-14-4-2-1-3-5-14/h1-7,10,15H,8-9,11-13H2,(H2,25,26,28). The van der Waals surface area contributed by atoms with Crippen LogP contribution in [0, 0.1) is 11.7 Å². The number of urea groups is 1. The summed E-state index contributed by atoms with van der Waals surface area (Å²) in [5, 5.41) is 5.00. The molecule has 0 radical (unpaired) electrons. The highest BCUT2D eigenvalue weighted by Crippen LogP contribution is 2.33. The predicted octanol–water partition coefficient (Wildman–Crippen LogP) is 4.49. The maximum Gasteiger partial charge on any atom is 0.419 e. The summed E-state index contributed by atoms with van der Waals surface area (Å²) in [7, 11) is 0. The average molecular weight is 395 g/mol. The smallest absolute Gasteiger partial charge is 0.338 e. The van der Waals surface area contributed by atoms with Crippen LogP contribution in [0.3, 0.4) is 0 Å². The first-order valence-electron chi connectivity index (χ1n) is 8.99. The van der Waals surface area contributed by atoms with Gasteiger partial charge in [0.2, 0.25) is 0 Å². The minimum Gasteiger partial charge on any atom is -0.338 e. The third-order valence-electron chi connectivity index (χ3n) is 4.70. The Morgan fingerprint density at radius 3 is 2.61 bits per heavy atom. The minimum atomic E-state index is -4.82. The monoisotopic (exact) mass is 395 g/mol. The van der Waals surface area contributed by atoms with Crippen LogP contribution in [0.1, 0.15) is 17.5 Å². The number of hydrogen-bond donors (Lipinski definition) is 2. The molecule has 1 unspecified atom stereocenters. The molecule has 2 amide bonds. The van der Waals surface area contributed by atoms with Crippen molar-refractivity contribution in [3.05, 3.63) is 65.5 Å². The summed E-state index contributed by atoms with van der Waals surface area (Å²) >= 11 is 0. The molecule has 0 bridgehead atoms. The van der Waals surface area contributed by atoms with E-state index in [1.165, 1.54) is 5.56 Å². The van der Waals surface area contributed by atoms with Gasteiger partial charge < -0.3 is 10.6 Å². The van der Waals surface area contributed by atoms with Gasteiger partial charge in [-0.25, -0.2) is 9.18 Å². The number of amides is 2. The van der Waals surface area contributed by atoms with Gasteiger partial charge >= 0.3 is 12.2 Å². The lowest BCUT2D eigenvalue weighted by Crippen LogP contribution is -2.34. The molecule has 2 aromatic rings. The van der Waals surface area contributed by atoms with Gasteiger partial charge in [-0.3, -0.25) is 4.90 Å². The number of nitrogens with one attached hydrogen (secondary N) is 2. The highest BCUT2D eigenvalue weighted by molar-refractivity contribution is 5.89. The topological polar surface area (TPSA) is 44.4 Å². The van der Waals surface area contributed by atoms with Crippen LogP contribution in [0.15, 0.2) is 48.5 Å². The van der Waals surface area contributed by atoms with Gasteiger partial charge in [0.15, 0.2) is 0 Å². The van der Waals surface area contributed by atoms with Crippen molar-refractivity contribution in [2.75, 3.05) is 25.0 Å². The molecule has 8 heteroatoms. The number of rotatable bonds is 5. The van der Waals surface area contributed by atoms with Gasteiger partial charge in [-0.05, 0) is 42.6 Å². The molecule has 2 aromatic carbocycles. The van der Waals surface area contributed by atoms with Crippen LogP contribution >= 0.6 is 0 Å². The second-order valence-electron chi connectivity index (χ2n) is 6.90. The molecule has 1 aliphatic rings. The summed E-state index contributed by atoms with van der Waals surface area (Å²) in [4.78, 5) is 14.3. The first-order valence-corrected chi connectivity index (χ1v) is 8.99. The van der Waals surface area contributed by atoms with Crippen molar-refractivity contribution in [3.63, 3.8) is 0 Å². The Morgan fingerprint density at radius 1 is 1.14 bits per heavy atom. The molecule has 0 aliphatic carbocycles. The highest BCUT2D eigenvalue weighted by Gasteiger charge is 2.34. The van der Waals surface area contributed by atoms with E-state index in [4.69, 9.17) is 0 Å². The van der Waals surface area contributed by atoms with E-state index in [0.29, 0.717) is 18.7 Å². The lowest BCUT2D eigenvalue weighted by Gasteiger charge is -2.16. The van der Waals surface area contributed by atoms with E-state index in [1.54, 1.807) is 0 Å². The van der Waals surface area contributed by atoms with E-state index in [9.17, 15) is 22.4 Å². The lowest BCUT2D eigenvalue weighted by molar-refractivity contribution is -0.139. The minimum absolute atomic E-state index is 0.108. The second kappa shape index (κ2) is 8.60. The molecule has 1 fully saturated rings. The SMILES string of the molecule is O=C(NCC1CCN(Cc2ccccc2)C1)Nc1ccc(F)c(C(F)(F)F)c1. The van der Waals surface area contributed by atoms with Gasteiger partial charge in [0, 0.05) is 25.3 Å². The van der Waals surface area contributed by atoms with Gasteiger partial charge in [-0.15, -0.1) is 0 Å². The number of likely N-dealkylation sites (tertiary alicyclic amines) is 1. The zero-order valence-electron chi connectivity index (χ0n) is 15.1. The van der Waals surface area contributed by atoms with E-state index >= 15 is 0 Å². The summed E-state index contributed by atoms with van der Waals surface area (Å²) in [6, 6.07) is 11.9. The number of alkyl halides is 3. The van der Waals surface area contributed by atoms with Crippen molar-refractivity contribution in [1.29, 1.82) is 0 Å². The molecule has 1 aliphatic heterocycles. The van der Waals surface area contributed by atoms with Crippen LogP contribution in [0.4, 0.5) is 28.0 Å². The highest BCUT2D eigenvalue weighted by atomic mass is 19.4. The van der Waals surface area contributed by atoms with Crippen LogP contribution in [0.25, 0.3) is 0 Å². The summed E-state index contributed by atoms with van der Waals surface area (Å²) in [6.07, 6.45) is -3.88. The first-order chi connectivity index (χ1) is 13.3. The Kier molecular flexibility index (Phi) is 6.18. The molecule has 3 rings (SSSR count). The molecule has 0 saturated carbocycles. The molecular formula is C20H21F4N3O. The molecule has 28 heavy (non-hydrogen) atoms. The van der Waals surface area contributed by atoms with Crippen molar-refractivity contribution in [2.45, 2.75) is 19.1 Å². The molecule has 1 saturated heterocycles. The molecule has 150 valence electrons. The van der Waals surface area contributed by atoms with Crippen molar-refractivity contribution in [2.24, 2.45) is 5.92 Å². The second-order valence-corrected chi connectivity index (χ2v) is 6.90. The number of carbonyl (C=O) groups excluding carboxylic acids is 1. The fraction of sp³-hybridized carbons (Fsp3) is 0.350. The quantitative estimate of drug-likeness (QED) is 0.733. The third-order valence-corrected chi connectivity index (χ3v) is 4.70. The lowest BCUT2D eigenvalue weighted by atomic mass is 10.1. The van der Waals surface area contributed by atoms with Crippen molar-refractivity contribution >= 4 is 11.7 Å². The van der Waals surface area contributed by atoms with Gasteiger partial charge in [0.05, 0.1) is 5.56 Å². The molecule has 1 heterocycles. The molecule has 2 N–H and O–H groups in total. The van der Waals surface area contributed by atoms with Crippen LogP contribution in [-0.2, 0) is 12.7 Å². The van der Waals surface area contributed by atoms with Crippen LogP contribution < -0.4 is 10.6 Å². The summed E-state index contributed by atoms with van der Waals surface area (Å²) < 4.78 is 51.5. The first kappa shape index (κ1) is 20.1. The average Bonchev–Trinajstić information content (AvgIpc) is 3.09. The molecule has 4 nitrogen and oxygen atoms in total. The Bertz CT molecular complexity index is 811. The van der Waals surface area contributed by atoms with E-state index in [1.807, 2.05) is 18.2 Å². The zero-order chi connectivity index (χ0) is 20.1. The van der Waals surface area contributed by atoms with E-state index in [-0.39, 0.29) is 11.6 Å². The molecule has 0 spiro atoms. The fourth-order valence-electron chi connectivity index (χ4n) is 3.30. The van der Waals surface area contributed by atoms with Crippen LogP contribution in [-0.4, -0.2) is 30.6 Å². The Hall–Kier alpha value is -2.61. The molecular weight excluding hydrogens is 374 g/mol. The van der Waals surface area contributed by atoms with Crippen LogP contribution in [0.5, 0.6) is 0 Å². The van der Waals surface area contributed by atoms with Crippen molar-refractivity contribution in [1.82, 2.24) is 10.2 Å². The summed E-state index contributed by atoms with van der Waals surface area (Å²) in [6.45, 7) is 3.03. The zero-order valence-corrected chi connectivity index (χ0v) is 15.1. The number of nitrogens with zero attached hydrogens (tertiary/aromatic N) is 1. The normalized spacial score (nSPS) is 17.5. The summed E-state index contributed by atoms with van der Waals surface area (Å²) in [5.41, 5.74) is -0.286. The maximum absolute atomic E-state index is 13.3. The van der Waals surface area contributed by atoms with E-state index in [2.05, 4.69) is 27.7 Å². The Morgan fingerprint density at radius 2 is 1.89 bits per heavy atom. The van der Waals surface area contributed by atoms with Gasteiger partial charge in [-0.1, -0.05) is 30.3 Å². The van der Waals surface area contributed by atoms with Crippen molar-refractivity contribution < 1.29 is 22.4 Å². The predicted molar refractivity (Wildman–Crippen MR) is 98.2 cm³/mol. The molecule has 0 aromatic heterocycles. The van der Waals surface area contributed by atoms with E-state index in [0.717, 1.165) is 32.1 Å².